The molecule has 1 unspecified atom stereocenters. The van der Waals surface area contributed by atoms with Crippen LogP contribution in [0.25, 0.3) is 0 Å². The fourth-order valence-corrected chi connectivity index (χ4v) is 3.57. The lowest BCUT2D eigenvalue weighted by Crippen LogP contribution is -2.05. The summed E-state index contributed by atoms with van der Waals surface area (Å²) in [4.78, 5) is 2.91. The van der Waals surface area contributed by atoms with Gasteiger partial charge in [0.15, 0.2) is 0 Å². The van der Waals surface area contributed by atoms with E-state index in [-0.39, 0.29) is 0 Å². The Labute approximate surface area is 119 Å². The van der Waals surface area contributed by atoms with Crippen molar-refractivity contribution in [3.8, 4) is 0 Å². The molecule has 18 heavy (non-hydrogen) atoms. The van der Waals surface area contributed by atoms with Crippen molar-refractivity contribution in [1.82, 2.24) is 0 Å². The average molecular weight is 279 g/mol. The average Bonchev–Trinajstić information content (AvgIpc) is 2.85. The van der Waals surface area contributed by atoms with E-state index < -0.39 is 0 Å². The van der Waals surface area contributed by atoms with E-state index in [0.29, 0.717) is 11.8 Å². The van der Waals surface area contributed by atoms with Gasteiger partial charge >= 0.3 is 0 Å². The second kappa shape index (κ2) is 6.40. The molecule has 0 spiro atoms. The minimum Gasteiger partial charge on any atom is -0.145 e. The molecule has 0 N–H and O–H groups in total. The van der Waals surface area contributed by atoms with E-state index in [4.69, 9.17) is 11.6 Å². The van der Waals surface area contributed by atoms with Gasteiger partial charge in [-0.3, -0.25) is 0 Å². The molecule has 0 aliphatic heterocycles. The van der Waals surface area contributed by atoms with Crippen LogP contribution in [-0.2, 0) is 12.8 Å². The van der Waals surface area contributed by atoms with Crippen LogP contribution in [0.4, 0.5) is 0 Å². The van der Waals surface area contributed by atoms with Gasteiger partial charge in [-0.15, -0.1) is 22.9 Å². The van der Waals surface area contributed by atoms with Crippen LogP contribution in [-0.4, -0.2) is 5.88 Å². The quantitative estimate of drug-likeness (QED) is 0.661. The lowest BCUT2D eigenvalue weighted by molar-refractivity contribution is 0.769. The van der Waals surface area contributed by atoms with Crippen molar-refractivity contribution in [2.75, 3.05) is 5.88 Å². The first kappa shape index (κ1) is 13.6. The highest BCUT2D eigenvalue weighted by atomic mass is 35.5. The standard InChI is InChI=1S/C16H19ClS/c1-3-14-8-9-15(18-14)10-13(11-17)16-7-5-4-6-12(16)2/h4-9,13H,3,10-11H2,1-2H3. The number of thiophene rings is 1. The number of hydrogen-bond donors (Lipinski definition) is 0. The lowest BCUT2D eigenvalue weighted by Gasteiger charge is -2.15. The fraction of sp³-hybridized carbons (Fsp3) is 0.375. The minimum absolute atomic E-state index is 0.427. The van der Waals surface area contributed by atoms with Gasteiger partial charge < -0.3 is 0 Å². The topological polar surface area (TPSA) is 0 Å². The predicted molar refractivity (Wildman–Crippen MR) is 82.0 cm³/mol. The van der Waals surface area contributed by atoms with E-state index >= 15 is 0 Å². The van der Waals surface area contributed by atoms with Crippen LogP contribution in [0.2, 0.25) is 0 Å². The third-order valence-corrected chi connectivity index (χ3v) is 4.95. The molecule has 96 valence electrons. The summed E-state index contributed by atoms with van der Waals surface area (Å²) >= 11 is 8.09. The molecule has 2 aromatic rings. The number of benzene rings is 1. The summed E-state index contributed by atoms with van der Waals surface area (Å²) in [6.07, 6.45) is 2.18. The zero-order chi connectivity index (χ0) is 13.0. The molecule has 1 atom stereocenters. The van der Waals surface area contributed by atoms with E-state index in [1.807, 2.05) is 11.3 Å². The molecule has 1 aromatic carbocycles. The highest BCUT2D eigenvalue weighted by Gasteiger charge is 2.14. The smallest absolute Gasteiger partial charge is 0.0295 e. The molecule has 0 bridgehead atoms. The molecule has 2 rings (SSSR count). The molecule has 0 aliphatic rings. The third-order valence-electron chi connectivity index (χ3n) is 3.33. The number of alkyl halides is 1. The SMILES string of the molecule is CCc1ccc(CC(CCl)c2ccccc2C)s1. The van der Waals surface area contributed by atoms with E-state index in [2.05, 4.69) is 50.2 Å². The van der Waals surface area contributed by atoms with Crippen molar-refractivity contribution >= 4 is 22.9 Å². The monoisotopic (exact) mass is 278 g/mol. The molecule has 0 fully saturated rings. The van der Waals surface area contributed by atoms with Crippen LogP contribution in [0.3, 0.4) is 0 Å². The second-order valence-corrected chi connectivity index (χ2v) is 6.19. The Balaban J connectivity index is 2.17. The van der Waals surface area contributed by atoms with E-state index in [1.54, 1.807) is 0 Å². The summed E-state index contributed by atoms with van der Waals surface area (Å²) in [5.41, 5.74) is 2.73. The Morgan fingerprint density at radius 3 is 2.44 bits per heavy atom. The van der Waals surface area contributed by atoms with Crippen LogP contribution in [0.15, 0.2) is 36.4 Å². The Kier molecular flexibility index (Phi) is 4.85. The predicted octanol–water partition coefficient (Wildman–Crippen LogP) is 5.18. The molecule has 0 radical (unpaired) electrons. The first-order chi connectivity index (χ1) is 8.74. The van der Waals surface area contributed by atoms with Gasteiger partial charge in [-0.1, -0.05) is 31.2 Å². The fourth-order valence-electron chi connectivity index (χ4n) is 2.26. The number of rotatable bonds is 5. The van der Waals surface area contributed by atoms with Gasteiger partial charge in [0.05, 0.1) is 0 Å². The largest absolute Gasteiger partial charge is 0.145 e. The number of hydrogen-bond acceptors (Lipinski definition) is 1. The van der Waals surface area contributed by atoms with Crippen LogP contribution in [0, 0.1) is 6.92 Å². The third kappa shape index (κ3) is 3.15. The number of halogens is 1. The second-order valence-electron chi connectivity index (χ2n) is 4.63. The molecule has 0 nitrogen and oxygen atoms in total. The molecule has 0 aliphatic carbocycles. The first-order valence-corrected chi connectivity index (χ1v) is 7.78. The molecule has 0 amide bonds. The van der Waals surface area contributed by atoms with Crippen molar-refractivity contribution in [3.63, 3.8) is 0 Å². The van der Waals surface area contributed by atoms with Crippen molar-refractivity contribution in [2.24, 2.45) is 0 Å². The van der Waals surface area contributed by atoms with E-state index in [0.717, 1.165) is 12.8 Å². The van der Waals surface area contributed by atoms with Crippen molar-refractivity contribution in [3.05, 3.63) is 57.3 Å². The molecule has 0 saturated heterocycles. The van der Waals surface area contributed by atoms with Crippen molar-refractivity contribution in [2.45, 2.75) is 32.6 Å². The van der Waals surface area contributed by atoms with Crippen LogP contribution >= 0.6 is 22.9 Å². The Hall–Kier alpha value is -0.790. The molecule has 0 saturated carbocycles. The molecule has 1 aromatic heterocycles. The maximum absolute atomic E-state index is 6.17. The Bertz CT molecular complexity index is 501. The summed E-state index contributed by atoms with van der Waals surface area (Å²) in [7, 11) is 0. The zero-order valence-electron chi connectivity index (χ0n) is 10.9. The van der Waals surface area contributed by atoms with Crippen molar-refractivity contribution < 1.29 is 0 Å². The van der Waals surface area contributed by atoms with Crippen LogP contribution in [0.5, 0.6) is 0 Å². The highest BCUT2D eigenvalue weighted by Crippen LogP contribution is 2.28. The van der Waals surface area contributed by atoms with Gasteiger partial charge in [0, 0.05) is 21.6 Å². The Morgan fingerprint density at radius 1 is 1.11 bits per heavy atom. The van der Waals surface area contributed by atoms with Gasteiger partial charge in [0.25, 0.3) is 0 Å². The molecule has 1 heterocycles. The van der Waals surface area contributed by atoms with Gasteiger partial charge in [0.1, 0.15) is 0 Å². The number of aryl methyl sites for hydroxylation is 2. The van der Waals surface area contributed by atoms with Crippen LogP contribution < -0.4 is 0 Å². The van der Waals surface area contributed by atoms with Gasteiger partial charge in [-0.05, 0) is 43.0 Å². The summed E-state index contributed by atoms with van der Waals surface area (Å²) in [6, 6.07) is 13.1. The molecule has 2 heteroatoms. The normalized spacial score (nSPS) is 12.6. The molecular weight excluding hydrogens is 260 g/mol. The summed E-state index contributed by atoms with van der Waals surface area (Å²) in [5.74, 6) is 1.11. The van der Waals surface area contributed by atoms with E-state index in [1.165, 1.54) is 20.9 Å². The lowest BCUT2D eigenvalue weighted by atomic mass is 9.93. The minimum atomic E-state index is 0.427. The maximum atomic E-state index is 6.17. The Morgan fingerprint density at radius 2 is 1.83 bits per heavy atom. The van der Waals surface area contributed by atoms with Crippen LogP contribution in [0.1, 0.15) is 33.7 Å². The highest BCUT2D eigenvalue weighted by molar-refractivity contribution is 7.11. The molecular formula is C16H19ClS. The van der Waals surface area contributed by atoms with Crippen molar-refractivity contribution in [1.29, 1.82) is 0 Å². The summed E-state index contributed by atoms with van der Waals surface area (Å²) < 4.78 is 0. The first-order valence-electron chi connectivity index (χ1n) is 6.43. The summed E-state index contributed by atoms with van der Waals surface area (Å²) in [5, 5.41) is 0. The van der Waals surface area contributed by atoms with Gasteiger partial charge in [-0.2, -0.15) is 0 Å². The van der Waals surface area contributed by atoms with Gasteiger partial charge in [0.2, 0.25) is 0 Å². The van der Waals surface area contributed by atoms with Gasteiger partial charge in [-0.25, -0.2) is 0 Å². The summed E-state index contributed by atoms with van der Waals surface area (Å²) in [6.45, 7) is 4.37. The van der Waals surface area contributed by atoms with E-state index in [9.17, 15) is 0 Å². The zero-order valence-corrected chi connectivity index (χ0v) is 12.5. The maximum Gasteiger partial charge on any atom is 0.0295 e.